The molecule has 27 heavy (non-hydrogen) atoms. The second kappa shape index (κ2) is 8.19. The molecule has 2 aromatic carbocycles. The Morgan fingerprint density at radius 3 is 2.70 bits per heavy atom. The summed E-state index contributed by atoms with van der Waals surface area (Å²) >= 11 is 0. The zero-order chi connectivity index (χ0) is 19.2. The number of carboxylic acids is 1. The average Bonchev–Trinajstić information content (AvgIpc) is 2.70. The highest BCUT2D eigenvalue weighted by molar-refractivity contribution is 6.03. The van der Waals surface area contributed by atoms with Crippen LogP contribution in [0.4, 0.5) is 0 Å². The van der Waals surface area contributed by atoms with E-state index in [2.05, 4.69) is 11.6 Å². The van der Waals surface area contributed by atoms with Gasteiger partial charge in [0.05, 0.1) is 23.9 Å². The first-order valence-corrected chi connectivity index (χ1v) is 8.35. The number of aromatic carboxylic acids is 1. The quantitative estimate of drug-likeness (QED) is 0.619. The molecule has 1 N–H and O–H groups in total. The molecule has 136 valence electrons. The molecule has 0 unspecified atom stereocenters. The van der Waals surface area contributed by atoms with E-state index in [9.17, 15) is 9.90 Å². The highest BCUT2D eigenvalue weighted by Crippen LogP contribution is 2.29. The summed E-state index contributed by atoms with van der Waals surface area (Å²) in [6.45, 7) is 4.02. The van der Waals surface area contributed by atoms with Crippen LogP contribution in [-0.2, 0) is 0 Å². The van der Waals surface area contributed by atoms with Crippen molar-refractivity contribution in [3.63, 3.8) is 0 Å². The molecule has 1 aromatic heterocycles. The molecule has 0 bridgehead atoms. The SMILES string of the molecule is C=CCOc1ccc(/C=C\c2cc(C(=O)O)c3ccccc3n2)cc1OC. The van der Waals surface area contributed by atoms with Crippen molar-refractivity contribution in [2.45, 2.75) is 0 Å². The van der Waals surface area contributed by atoms with Crippen LogP contribution in [-0.4, -0.2) is 29.8 Å². The van der Waals surface area contributed by atoms with E-state index < -0.39 is 5.97 Å². The Hall–Kier alpha value is -3.60. The number of carbonyl (C=O) groups is 1. The van der Waals surface area contributed by atoms with Gasteiger partial charge in [0.2, 0.25) is 0 Å². The van der Waals surface area contributed by atoms with Crippen molar-refractivity contribution in [1.29, 1.82) is 0 Å². The van der Waals surface area contributed by atoms with Crippen molar-refractivity contribution in [1.82, 2.24) is 4.98 Å². The van der Waals surface area contributed by atoms with Gasteiger partial charge in [0, 0.05) is 5.39 Å². The lowest BCUT2D eigenvalue weighted by Gasteiger charge is -2.09. The lowest BCUT2D eigenvalue weighted by molar-refractivity contribution is 0.0699. The molecule has 3 rings (SSSR count). The van der Waals surface area contributed by atoms with Gasteiger partial charge >= 0.3 is 5.97 Å². The Bertz CT molecular complexity index is 1020. The summed E-state index contributed by atoms with van der Waals surface area (Å²) in [5.74, 6) is 0.261. The summed E-state index contributed by atoms with van der Waals surface area (Å²) in [4.78, 5) is 16.1. The zero-order valence-electron chi connectivity index (χ0n) is 14.9. The number of rotatable bonds is 7. The summed E-state index contributed by atoms with van der Waals surface area (Å²) in [6, 6.07) is 14.3. The molecule has 0 amide bonds. The van der Waals surface area contributed by atoms with Gasteiger partial charge in [0.1, 0.15) is 6.61 Å². The minimum Gasteiger partial charge on any atom is -0.493 e. The molecule has 5 nitrogen and oxygen atoms in total. The molecule has 0 saturated carbocycles. The number of benzene rings is 2. The van der Waals surface area contributed by atoms with Crippen molar-refractivity contribution >= 4 is 29.0 Å². The maximum Gasteiger partial charge on any atom is 0.336 e. The molecular formula is C22H19NO4. The van der Waals surface area contributed by atoms with Crippen LogP contribution in [0.25, 0.3) is 23.1 Å². The molecule has 0 aliphatic heterocycles. The van der Waals surface area contributed by atoms with Crippen LogP contribution in [0.3, 0.4) is 0 Å². The number of carboxylic acid groups (broad SMARTS) is 1. The van der Waals surface area contributed by atoms with Crippen molar-refractivity contribution in [2.24, 2.45) is 0 Å². The number of pyridine rings is 1. The van der Waals surface area contributed by atoms with Crippen molar-refractivity contribution in [3.05, 3.63) is 78.0 Å². The summed E-state index contributed by atoms with van der Waals surface area (Å²) in [7, 11) is 1.58. The molecule has 0 radical (unpaired) electrons. The lowest BCUT2D eigenvalue weighted by atomic mass is 10.1. The van der Waals surface area contributed by atoms with Crippen molar-refractivity contribution in [2.75, 3.05) is 13.7 Å². The first-order chi connectivity index (χ1) is 13.1. The number of hydrogen-bond donors (Lipinski definition) is 1. The zero-order valence-corrected chi connectivity index (χ0v) is 14.9. The first kappa shape index (κ1) is 18.2. The number of nitrogens with zero attached hydrogens (tertiary/aromatic N) is 1. The van der Waals surface area contributed by atoms with Gasteiger partial charge in [0.25, 0.3) is 0 Å². The minimum absolute atomic E-state index is 0.228. The number of hydrogen-bond acceptors (Lipinski definition) is 4. The normalized spacial score (nSPS) is 10.9. The van der Waals surface area contributed by atoms with E-state index in [1.54, 1.807) is 43.5 Å². The lowest BCUT2D eigenvalue weighted by Crippen LogP contribution is -2.00. The standard InChI is InChI=1S/C22H19NO4/c1-3-12-27-20-11-9-15(13-21(20)26-2)8-10-16-14-18(22(24)25)17-6-4-5-7-19(17)23-16/h3-11,13-14H,1,12H2,2H3,(H,24,25)/b10-8-. The smallest absolute Gasteiger partial charge is 0.336 e. The minimum atomic E-state index is -0.978. The summed E-state index contributed by atoms with van der Waals surface area (Å²) in [6.07, 6.45) is 5.29. The van der Waals surface area contributed by atoms with Gasteiger partial charge < -0.3 is 14.6 Å². The van der Waals surface area contributed by atoms with Crippen LogP contribution in [0.15, 0.2) is 61.2 Å². The van der Waals surface area contributed by atoms with Gasteiger partial charge in [-0.1, -0.05) is 43.0 Å². The highest BCUT2D eigenvalue weighted by atomic mass is 16.5. The Kier molecular flexibility index (Phi) is 5.52. The molecule has 0 atom stereocenters. The molecule has 3 aromatic rings. The largest absolute Gasteiger partial charge is 0.493 e. The van der Waals surface area contributed by atoms with Crippen LogP contribution in [0, 0.1) is 0 Å². The van der Waals surface area contributed by atoms with Gasteiger partial charge in [-0.05, 0) is 35.9 Å². The molecule has 0 fully saturated rings. The third kappa shape index (κ3) is 4.15. The fraction of sp³-hybridized carbons (Fsp3) is 0.0909. The van der Waals surface area contributed by atoms with E-state index >= 15 is 0 Å². The molecule has 0 aliphatic carbocycles. The van der Waals surface area contributed by atoms with Crippen LogP contribution < -0.4 is 9.47 Å². The van der Waals surface area contributed by atoms with Crippen LogP contribution >= 0.6 is 0 Å². The monoisotopic (exact) mass is 361 g/mol. The average molecular weight is 361 g/mol. The first-order valence-electron chi connectivity index (χ1n) is 8.35. The van der Waals surface area contributed by atoms with E-state index in [1.165, 1.54) is 0 Å². The third-order valence-electron chi connectivity index (χ3n) is 3.96. The van der Waals surface area contributed by atoms with Crippen LogP contribution in [0.2, 0.25) is 0 Å². The van der Waals surface area contributed by atoms with E-state index in [0.717, 1.165) is 5.56 Å². The van der Waals surface area contributed by atoms with Gasteiger partial charge in [-0.15, -0.1) is 0 Å². The number of para-hydroxylation sites is 1. The summed E-state index contributed by atoms with van der Waals surface area (Å²) in [5, 5.41) is 10.1. The Morgan fingerprint density at radius 1 is 1.15 bits per heavy atom. The van der Waals surface area contributed by atoms with Gasteiger partial charge in [-0.2, -0.15) is 0 Å². The number of aromatic nitrogens is 1. The molecule has 5 heteroatoms. The number of fused-ring (bicyclic) bond motifs is 1. The maximum atomic E-state index is 11.6. The van der Waals surface area contributed by atoms with Crippen molar-refractivity contribution < 1.29 is 19.4 Å². The van der Waals surface area contributed by atoms with E-state index in [0.29, 0.717) is 34.7 Å². The number of ether oxygens (including phenoxy) is 2. The predicted molar refractivity (Wildman–Crippen MR) is 106 cm³/mol. The Balaban J connectivity index is 1.94. The summed E-state index contributed by atoms with van der Waals surface area (Å²) < 4.78 is 10.9. The Labute approximate surface area is 157 Å². The molecule has 0 saturated heterocycles. The van der Waals surface area contributed by atoms with Gasteiger partial charge in [0.15, 0.2) is 11.5 Å². The molecule has 0 spiro atoms. The van der Waals surface area contributed by atoms with Crippen LogP contribution in [0.5, 0.6) is 11.5 Å². The topological polar surface area (TPSA) is 68.7 Å². The van der Waals surface area contributed by atoms with Gasteiger partial charge in [-0.25, -0.2) is 9.78 Å². The molecule has 0 aliphatic rings. The third-order valence-corrected chi connectivity index (χ3v) is 3.96. The van der Waals surface area contributed by atoms with E-state index in [1.807, 2.05) is 30.3 Å². The summed E-state index contributed by atoms with van der Waals surface area (Å²) in [5.41, 5.74) is 2.32. The fourth-order valence-electron chi connectivity index (χ4n) is 2.70. The van der Waals surface area contributed by atoms with E-state index in [-0.39, 0.29) is 5.56 Å². The molecular weight excluding hydrogens is 342 g/mol. The van der Waals surface area contributed by atoms with Crippen LogP contribution in [0.1, 0.15) is 21.6 Å². The molecule has 1 heterocycles. The highest BCUT2D eigenvalue weighted by Gasteiger charge is 2.10. The van der Waals surface area contributed by atoms with Crippen molar-refractivity contribution in [3.8, 4) is 11.5 Å². The fourth-order valence-corrected chi connectivity index (χ4v) is 2.70. The second-order valence-corrected chi connectivity index (χ2v) is 5.76. The predicted octanol–water partition coefficient (Wildman–Crippen LogP) is 4.68. The maximum absolute atomic E-state index is 11.6. The van der Waals surface area contributed by atoms with E-state index in [4.69, 9.17) is 9.47 Å². The number of methoxy groups -OCH3 is 1. The van der Waals surface area contributed by atoms with Gasteiger partial charge in [-0.3, -0.25) is 0 Å². The Morgan fingerprint density at radius 2 is 1.96 bits per heavy atom. The second-order valence-electron chi connectivity index (χ2n) is 5.76.